The quantitative estimate of drug-likeness (QED) is 0.373. The van der Waals surface area contributed by atoms with E-state index in [4.69, 9.17) is 0 Å². The van der Waals surface area contributed by atoms with Crippen molar-refractivity contribution >= 4 is 38.7 Å². The number of aromatic nitrogens is 4. The van der Waals surface area contributed by atoms with Gasteiger partial charge >= 0.3 is 12.1 Å². The number of hydrogen-bond donors (Lipinski definition) is 0. The first-order valence-corrected chi connectivity index (χ1v) is 9.41. The van der Waals surface area contributed by atoms with E-state index in [1.165, 1.54) is 17.8 Å². The molecule has 0 fully saturated rings. The van der Waals surface area contributed by atoms with Crippen molar-refractivity contribution in [3.05, 3.63) is 34.6 Å². The van der Waals surface area contributed by atoms with Crippen molar-refractivity contribution < 1.29 is 22.0 Å². The fourth-order valence-electron chi connectivity index (χ4n) is 2.53. The molecule has 0 aliphatic heterocycles. The van der Waals surface area contributed by atoms with Gasteiger partial charge in [0.2, 0.25) is 0 Å². The third-order valence-corrected chi connectivity index (χ3v) is 5.16. The van der Waals surface area contributed by atoms with Gasteiger partial charge in [0.05, 0.1) is 5.69 Å². The van der Waals surface area contributed by atoms with Gasteiger partial charge in [0.1, 0.15) is 11.4 Å². The van der Waals surface area contributed by atoms with E-state index in [0.29, 0.717) is 17.5 Å². The average Bonchev–Trinajstić information content (AvgIpc) is 2.90. The molecule has 0 atom stereocenters. The normalized spacial score (nSPS) is 12.7. The zero-order valence-corrected chi connectivity index (χ0v) is 16.4. The van der Waals surface area contributed by atoms with Crippen LogP contribution in [0.1, 0.15) is 12.6 Å². The maximum atomic E-state index is 13.6. The molecule has 0 unspecified atom stereocenters. The van der Waals surface area contributed by atoms with E-state index in [0.717, 1.165) is 15.1 Å². The molecule has 3 aromatic heterocycles. The first-order valence-electron chi connectivity index (χ1n) is 7.63. The highest BCUT2D eigenvalue weighted by Crippen LogP contribution is 2.43. The molecule has 3 heterocycles. The zero-order valence-electron chi connectivity index (χ0n) is 14.0. The Hall–Kier alpha value is -1.75. The summed E-state index contributed by atoms with van der Waals surface area (Å²) in [6, 6.07) is 4.06. The maximum absolute atomic E-state index is 13.6. The van der Waals surface area contributed by atoms with Gasteiger partial charge in [-0.15, -0.1) is 22.0 Å². The van der Waals surface area contributed by atoms with Crippen LogP contribution in [0.3, 0.4) is 0 Å². The highest BCUT2D eigenvalue weighted by Gasteiger charge is 2.60. The van der Waals surface area contributed by atoms with Crippen LogP contribution in [0.5, 0.6) is 0 Å². The number of alkyl halides is 5. The molecule has 0 aromatic carbocycles. The summed E-state index contributed by atoms with van der Waals surface area (Å²) in [5.74, 6) is -4.31. The molecule has 3 aromatic rings. The van der Waals surface area contributed by atoms with Crippen molar-refractivity contribution in [2.45, 2.75) is 23.9 Å². The van der Waals surface area contributed by atoms with Crippen molar-refractivity contribution in [1.82, 2.24) is 19.7 Å². The predicted molar refractivity (Wildman–Crippen MR) is 95.8 cm³/mol. The second kappa shape index (κ2) is 7.01. The molecular weight excluding hydrogens is 455 g/mol. The molecule has 11 heteroatoms. The third-order valence-electron chi connectivity index (χ3n) is 3.81. The molecule has 3 rings (SSSR count). The van der Waals surface area contributed by atoms with Crippen LogP contribution in [0.15, 0.2) is 33.8 Å². The molecule has 0 amide bonds. The number of pyridine rings is 1. The van der Waals surface area contributed by atoms with Crippen LogP contribution in [0, 0.1) is 0 Å². The predicted octanol–water partition coefficient (Wildman–Crippen LogP) is 5.56. The molecule has 0 spiro atoms. The van der Waals surface area contributed by atoms with E-state index in [-0.39, 0.29) is 11.0 Å². The van der Waals surface area contributed by atoms with Crippen LogP contribution in [-0.4, -0.2) is 31.7 Å². The van der Waals surface area contributed by atoms with Crippen LogP contribution < -0.4 is 0 Å². The SMILES string of the molecule is CCSc1cc(Br)cnc1-c1cc2cc(C(F)(F)C(F)(F)F)nnc2n1C. The lowest BCUT2D eigenvalue weighted by atomic mass is 10.2. The Balaban J connectivity index is 2.17. The van der Waals surface area contributed by atoms with Gasteiger partial charge in [-0.05, 0) is 39.9 Å². The monoisotopic (exact) mass is 466 g/mol. The Bertz CT molecular complexity index is 1000. The van der Waals surface area contributed by atoms with Crippen LogP contribution >= 0.6 is 27.7 Å². The van der Waals surface area contributed by atoms with Gasteiger partial charge in [0, 0.05) is 28.0 Å². The Morgan fingerprint density at radius 3 is 2.44 bits per heavy atom. The van der Waals surface area contributed by atoms with Crippen molar-refractivity contribution in [3.8, 4) is 11.4 Å². The summed E-state index contributed by atoms with van der Waals surface area (Å²) >= 11 is 4.88. The summed E-state index contributed by atoms with van der Waals surface area (Å²) < 4.78 is 67.3. The van der Waals surface area contributed by atoms with Gasteiger partial charge in [-0.1, -0.05) is 6.92 Å². The smallest absolute Gasteiger partial charge is 0.326 e. The minimum absolute atomic E-state index is 0.124. The van der Waals surface area contributed by atoms with Crippen molar-refractivity contribution in [2.75, 3.05) is 5.75 Å². The molecule has 4 nitrogen and oxygen atoms in total. The fraction of sp³-hybridized carbons (Fsp3) is 0.312. The van der Waals surface area contributed by atoms with E-state index in [9.17, 15) is 22.0 Å². The minimum atomic E-state index is -5.74. The number of fused-ring (bicyclic) bond motifs is 1. The highest BCUT2D eigenvalue weighted by atomic mass is 79.9. The van der Waals surface area contributed by atoms with E-state index in [2.05, 4.69) is 31.1 Å². The molecule has 0 aliphatic carbocycles. The topological polar surface area (TPSA) is 43.6 Å². The van der Waals surface area contributed by atoms with Gasteiger partial charge in [-0.25, -0.2) is 0 Å². The van der Waals surface area contributed by atoms with Crippen molar-refractivity contribution in [1.29, 1.82) is 0 Å². The van der Waals surface area contributed by atoms with Gasteiger partial charge in [0.15, 0.2) is 5.65 Å². The second-order valence-electron chi connectivity index (χ2n) is 5.60. The summed E-state index contributed by atoms with van der Waals surface area (Å²) in [5.41, 5.74) is -0.139. The van der Waals surface area contributed by atoms with Gasteiger partial charge in [-0.2, -0.15) is 22.0 Å². The Morgan fingerprint density at radius 2 is 1.81 bits per heavy atom. The number of halogens is 6. The largest absolute Gasteiger partial charge is 0.459 e. The molecule has 27 heavy (non-hydrogen) atoms. The number of rotatable bonds is 4. The van der Waals surface area contributed by atoms with E-state index < -0.39 is 17.8 Å². The fourth-order valence-corrected chi connectivity index (χ4v) is 3.83. The van der Waals surface area contributed by atoms with Crippen LogP contribution in [0.4, 0.5) is 22.0 Å². The number of thioether (sulfide) groups is 1. The summed E-state index contributed by atoms with van der Waals surface area (Å²) in [5, 5.41) is 6.82. The lowest BCUT2D eigenvalue weighted by molar-refractivity contribution is -0.291. The summed E-state index contributed by atoms with van der Waals surface area (Å²) in [4.78, 5) is 5.21. The van der Waals surface area contributed by atoms with Gasteiger partial charge in [0.25, 0.3) is 0 Å². The standard InChI is InChI=1S/C16H12BrF5N4S/c1-3-27-11-6-9(17)7-23-13(11)10-4-8-5-12(15(18,19)16(20,21)22)24-25-14(8)26(10)2/h4-7H,3H2,1-2H3. The summed E-state index contributed by atoms with van der Waals surface area (Å²) in [7, 11) is 1.62. The Morgan fingerprint density at radius 1 is 1.11 bits per heavy atom. The van der Waals surface area contributed by atoms with Crippen LogP contribution in [0.25, 0.3) is 22.4 Å². The van der Waals surface area contributed by atoms with Gasteiger partial charge < -0.3 is 4.57 Å². The molecule has 0 bridgehead atoms. The maximum Gasteiger partial charge on any atom is 0.459 e. The summed E-state index contributed by atoms with van der Waals surface area (Å²) in [6.07, 6.45) is -4.16. The van der Waals surface area contributed by atoms with E-state index >= 15 is 0 Å². The second-order valence-corrected chi connectivity index (χ2v) is 7.82. The molecule has 144 valence electrons. The lowest BCUT2D eigenvalue weighted by Gasteiger charge is -2.18. The molecular formula is C16H12BrF5N4S. The van der Waals surface area contributed by atoms with Gasteiger partial charge in [-0.3, -0.25) is 4.98 Å². The molecule has 0 saturated heterocycles. The highest BCUT2D eigenvalue weighted by molar-refractivity contribution is 9.10. The first-order chi connectivity index (χ1) is 12.6. The molecule has 0 radical (unpaired) electrons. The van der Waals surface area contributed by atoms with Crippen LogP contribution in [0.2, 0.25) is 0 Å². The molecule has 0 saturated carbocycles. The van der Waals surface area contributed by atoms with Crippen LogP contribution in [-0.2, 0) is 13.0 Å². The van der Waals surface area contributed by atoms with E-state index in [1.54, 1.807) is 17.8 Å². The summed E-state index contributed by atoms with van der Waals surface area (Å²) in [6.45, 7) is 1.97. The average molecular weight is 467 g/mol. The van der Waals surface area contributed by atoms with Crippen molar-refractivity contribution in [2.24, 2.45) is 7.05 Å². The number of nitrogens with zero attached hydrogens (tertiary/aromatic N) is 4. The lowest BCUT2D eigenvalue weighted by Crippen LogP contribution is -2.34. The molecule has 0 N–H and O–H groups in total. The zero-order chi connectivity index (χ0) is 20.0. The number of aryl methyl sites for hydroxylation is 1. The minimum Gasteiger partial charge on any atom is -0.326 e. The number of hydrogen-bond acceptors (Lipinski definition) is 4. The molecule has 0 aliphatic rings. The first kappa shape index (κ1) is 20.0. The van der Waals surface area contributed by atoms with Crippen molar-refractivity contribution in [3.63, 3.8) is 0 Å². The van der Waals surface area contributed by atoms with E-state index in [1.807, 2.05) is 13.0 Å². The Labute approximate surface area is 163 Å². The third kappa shape index (κ3) is 3.54. The Kier molecular flexibility index (Phi) is 5.19.